The lowest BCUT2D eigenvalue weighted by Crippen LogP contribution is -2.32. The Labute approximate surface area is 170 Å². The maximum atomic E-state index is 12.8. The van der Waals surface area contributed by atoms with E-state index in [1.165, 1.54) is 12.1 Å². The zero-order valence-electron chi connectivity index (χ0n) is 16.3. The van der Waals surface area contributed by atoms with Gasteiger partial charge in [-0.25, -0.2) is 18.1 Å². The number of hydrogen-bond acceptors (Lipinski definition) is 4. The third kappa shape index (κ3) is 4.04. The fourth-order valence-corrected chi connectivity index (χ4v) is 5.15. The maximum Gasteiger partial charge on any atom is 0.258 e. The molecule has 1 aromatic heterocycles. The number of rotatable bonds is 6. The molecule has 1 aliphatic rings. The van der Waals surface area contributed by atoms with Gasteiger partial charge in [-0.15, -0.1) is 0 Å². The smallest absolute Gasteiger partial charge is 0.258 e. The van der Waals surface area contributed by atoms with Gasteiger partial charge in [-0.05, 0) is 50.1 Å². The molecule has 0 aliphatic heterocycles. The van der Waals surface area contributed by atoms with E-state index in [-0.39, 0.29) is 16.5 Å². The summed E-state index contributed by atoms with van der Waals surface area (Å²) in [6.45, 7) is 2.63. The average molecular weight is 413 g/mol. The van der Waals surface area contributed by atoms with Crippen LogP contribution >= 0.6 is 0 Å². The van der Waals surface area contributed by atoms with Crippen LogP contribution in [0.1, 0.15) is 43.0 Å². The van der Waals surface area contributed by atoms with Crippen LogP contribution in [0.2, 0.25) is 0 Å². The summed E-state index contributed by atoms with van der Waals surface area (Å²) in [6.07, 6.45) is 3.78. The minimum atomic E-state index is -3.66. The standard InChI is InChI=1S/C21H24N4O3S/c1-2-25-19-13-6-5-12-18(19)22-21(25)23-20(26)15-8-7-11-17(14-15)29(27,28)24-16-9-3-4-10-16/h5-8,11-14,16,24H,2-4,9-10H2,1H3,(H,22,23,26). The van der Waals surface area contributed by atoms with E-state index in [9.17, 15) is 13.2 Å². The molecule has 29 heavy (non-hydrogen) atoms. The number of sulfonamides is 1. The van der Waals surface area contributed by atoms with Gasteiger partial charge in [0, 0.05) is 18.2 Å². The number of imidazole rings is 1. The van der Waals surface area contributed by atoms with Gasteiger partial charge in [0.1, 0.15) is 0 Å². The monoisotopic (exact) mass is 412 g/mol. The molecule has 0 bridgehead atoms. The Morgan fingerprint density at radius 1 is 1.14 bits per heavy atom. The van der Waals surface area contributed by atoms with Crippen molar-refractivity contribution in [1.29, 1.82) is 0 Å². The largest absolute Gasteiger partial charge is 0.310 e. The van der Waals surface area contributed by atoms with Crippen LogP contribution < -0.4 is 10.0 Å². The summed E-state index contributed by atoms with van der Waals surface area (Å²) in [6, 6.07) is 13.7. The van der Waals surface area contributed by atoms with Gasteiger partial charge in [0.05, 0.1) is 15.9 Å². The number of hydrogen-bond donors (Lipinski definition) is 2. The van der Waals surface area contributed by atoms with E-state index < -0.39 is 15.9 Å². The van der Waals surface area contributed by atoms with Crippen molar-refractivity contribution in [2.45, 2.75) is 50.1 Å². The van der Waals surface area contributed by atoms with Crippen molar-refractivity contribution in [3.8, 4) is 0 Å². The molecule has 2 N–H and O–H groups in total. The number of nitrogens with zero attached hydrogens (tertiary/aromatic N) is 2. The highest BCUT2D eigenvalue weighted by atomic mass is 32.2. The first-order chi connectivity index (χ1) is 14.0. The summed E-state index contributed by atoms with van der Waals surface area (Å²) >= 11 is 0. The summed E-state index contributed by atoms with van der Waals surface area (Å²) in [7, 11) is -3.66. The molecule has 1 heterocycles. The van der Waals surface area contributed by atoms with Crippen molar-refractivity contribution < 1.29 is 13.2 Å². The maximum absolute atomic E-state index is 12.8. The molecule has 0 unspecified atom stereocenters. The van der Waals surface area contributed by atoms with Crippen LogP contribution in [0.3, 0.4) is 0 Å². The molecule has 1 saturated carbocycles. The normalized spacial score (nSPS) is 15.1. The Balaban J connectivity index is 1.58. The third-order valence-electron chi connectivity index (χ3n) is 5.28. The number of carbonyl (C=O) groups is 1. The number of carbonyl (C=O) groups excluding carboxylic acids is 1. The molecule has 4 rings (SSSR count). The van der Waals surface area contributed by atoms with Crippen LogP contribution in [0.15, 0.2) is 53.4 Å². The lowest BCUT2D eigenvalue weighted by Gasteiger charge is -2.13. The topological polar surface area (TPSA) is 93.1 Å². The van der Waals surface area contributed by atoms with Gasteiger partial charge >= 0.3 is 0 Å². The summed E-state index contributed by atoms with van der Waals surface area (Å²) < 4.78 is 30.0. The number of aromatic nitrogens is 2. The van der Waals surface area contributed by atoms with Gasteiger partial charge in [0.25, 0.3) is 5.91 Å². The van der Waals surface area contributed by atoms with E-state index in [0.717, 1.165) is 36.7 Å². The van der Waals surface area contributed by atoms with Crippen LogP contribution in [0.25, 0.3) is 11.0 Å². The van der Waals surface area contributed by atoms with Crippen molar-refractivity contribution >= 4 is 32.9 Å². The predicted molar refractivity (Wildman–Crippen MR) is 112 cm³/mol. The SMILES string of the molecule is CCn1c(NC(=O)c2cccc(S(=O)(=O)NC3CCCC3)c2)nc2ccccc21. The molecular formula is C21H24N4O3S. The molecule has 7 nitrogen and oxygen atoms in total. The van der Waals surface area contributed by atoms with E-state index in [0.29, 0.717) is 12.5 Å². The number of anilines is 1. The second kappa shape index (κ2) is 7.96. The molecule has 152 valence electrons. The predicted octanol–water partition coefficient (Wildman–Crippen LogP) is 3.53. The summed E-state index contributed by atoms with van der Waals surface area (Å²) in [5.74, 6) is 0.0453. The van der Waals surface area contributed by atoms with Gasteiger partial charge in [-0.2, -0.15) is 0 Å². The Bertz CT molecular complexity index is 1150. The van der Waals surface area contributed by atoms with Crippen molar-refractivity contribution in [1.82, 2.24) is 14.3 Å². The number of aryl methyl sites for hydroxylation is 1. The highest BCUT2D eigenvalue weighted by Crippen LogP contribution is 2.22. The fraction of sp³-hybridized carbons (Fsp3) is 0.333. The van der Waals surface area contributed by atoms with E-state index in [1.807, 2.05) is 35.8 Å². The molecule has 0 radical (unpaired) electrons. The molecule has 1 fully saturated rings. The Morgan fingerprint density at radius 2 is 1.90 bits per heavy atom. The van der Waals surface area contributed by atoms with Gasteiger partial charge in [-0.3, -0.25) is 10.1 Å². The number of nitrogens with one attached hydrogen (secondary N) is 2. The zero-order chi connectivity index (χ0) is 20.4. The highest BCUT2D eigenvalue weighted by Gasteiger charge is 2.24. The van der Waals surface area contributed by atoms with E-state index in [1.54, 1.807) is 12.1 Å². The molecule has 0 spiro atoms. The van der Waals surface area contributed by atoms with Crippen molar-refractivity contribution in [3.63, 3.8) is 0 Å². The van der Waals surface area contributed by atoms with Gasteiger partial charge in [0.2, 0.25) is 16.0 Å². The van der Waals surface area contributed by atoms with Crippen molar-refractivity contribution in [2.75, 3.05) is 5.32 Å². The van der Waals surface area contributed by atoms with Gasteiger partial charge in [0.15, 0.2) is 0 Å². The highest BCUT2D eigenvalue weighted by molar-refractivity contribution is 7.89. The van der Waals surface area contributed by atoms with Crippen molar-refractivity contribution in [2.24, 2.45) is 0 Å². The summed E-state index contributed by atoms with van der Waals surface area (Å²) in [4.78, 5) is 17.4. The van der Waals surface area contributed by atoms with Crippen LogP contribution in [-0.2, 0) is 16.6 Å². The van der Waals surface area contributed by atoms with Crippen molar-refractivity contribution in [3.05, 3.63) is 54.1 Å². The lowest BCUT2D eigenvalue weighted by molar-refractivity contribution is 0.102. The number of para-hydroxylation sites is 2. The Morgan fingerprint density at radius 3 is 2.66 bits per heavy atom. The molecule has 1 amide bonds. The molecule has 0 atom stereocenters. The number of fused-ring (bicyclic) bond motifs is 1. The van der Waals surface area contributed by atoms with Crippen LogP contribution in [0, 0.1) is 0 Å². The molecular weight excluding hydrogens is 388 g/mol. The first-order valence-corrected chi connectivity index (χ1v) is 11.4. The molecule has 0 saturated heterocycles. The van der Waals surface area contributed by atoms with E-state index >= 15 is 0 Å². The minimum absolute atomic E-state index is 0.0260. The molecule has 3 aromatic rings. The first kappa shape index (κ1) is 19.6. The summed E-state index contributed by atoms with van der Waals surface area (Å²) in [5, 5.41) is 2.82. The number of benzene rings is 2. The Hall–Kier alpha value is -2.71. The van der Waals surface area contributed by atoms with Gasteiger partial charge < -0.3 is 4.57 Å². The van der Waals surface area contributed by atoms with Crippen LogP contribution in [0.4, 0.5) is 5.95 Å². The molecule has 2 aromatic carbocycles. The van der Waals surface area contributed by atoms with E-state index in [2.05, 4.69) is 15.0 Å². The second-order valence-electron chi connectivity index (χ2n) is 7.25. The first-order valence-electron chi connectivity index (χ1n) is 9.87. The summed E-state index contributed by atoms with van der Waals surface area (Å²) in [5.41, 5.74) is 2.00. The lowest BCUT2D eigenvalue weighted by atomic mass is 10.2. The fourth-order valence-electron chi connectivity index (χ4n) is 3.80. The minimum Gasteiger partial charge on any atom is -0.310 e. The average Bonchev–Trinajstić information content (AvgIpc) is 3.34. The molecule has 8 heteroatoms. The quantitative estimate of drug-likeness (QED) is 0.648. The Kier molecular flexibility index (Phi) is 5.38. The van der Waals surface area contributed by atoms with Crippen LogP contribution in [-0.4, -0.2) is 29.9 Å². The van der Waals surface area contributed by atoms with Gasteiger partial charge in [-0.1, -0.05) is 31.0 Å². The zero-order valence-corrected chi connectivity index (χ0v) is 17.1. The molecule has 1 aliphatic carbocycles. The number of amides is 1. The third-order valence-corrected chi connectivity index (χ3v) is 6.80. The van der Waals surface area contributed by atoms with Crippen LogP contribution in [0.5, 0.6) is 0 Å². The second-order valence-corrected chi connectivity index (χ2v) is 8.97. The van der Waals surface area contributed by atoms with E-state index in [4.69, 9.17) is 0 Å².